The summed E-state index contributed by atoms with van der Waals surface area (Å²) in [7, 11) is 1.48. The molecule has 1 aromatic carbocycles. The van der Waals surface area contributed by atoms with Crippen LogP contribution in [0.3, 0.4) is 0 Å². The second kappa shape index (κ2) is 12.3. The summed E-state index contributed by atoms with van der Waals surface area (Å²) in [6.45, 7) is 3.05. The fraction of sp³-hybridized carbons (Fsp3) is 0.348. The number of amidine groups is 1. The van der Waals surface area contributed by atoms with Gasteiger partial charge in [0.1, 0.15) is 12.4 Å². The number of aliphatic carboxylic acids is 1. The van der Waals surface area contributed by atoms with Crippen LogP contribution in [0.15, 0.2) is 47.5 Å². The number of nitrogens with one attached hydrogen (secondary N) is 1. The summed E-state index contributed by atoms with van der Waals surface area (Å²) in [6, 6.07) is 12.4. The van der Waals surface area contributed by atoms with Crippen molar-refractivity contribution in [2.45, 2.75) is 32.7 Å². The Bertz CT molecular complexity index is 996. The number of benzene rings is 1. The Hall–Kier alpha value is -3.79. The zero-order valence-corrected chi connectivity index (χ0v) is 18.9. The van der Waals surface area contributed by atoms with Gasteiger partial charge in [0, 0.05) is 7.05 Å². The van der Waals surface area contributed by atoms with Gasteiger partial charge in [0.15, 0.2) is 5.82 Å². The maximum absolute atomic E-state index is 12.3. The van der Waals surface area contributed by atoms with Crippen molar-refractivity contribution in [3.05, 3.63) is 48.0 Å². The molecule has 0 fully saturated rings. The summed E-state index contributed by atoms with van der Waals surface area (Å²) >= 11 is 0. The van der Waals surface area contributed by atoms with E-state index in [4.69, 9.17) is 5.11 Å². The molecule has 10 nitrogen and oxygen atoms in total. The van der Waals surface area contributed by atoms with E-state index in [1.165, 1.54) is 16.8 Å². The highest BCUT2D eigenvalue weighted by Gasteiger charge is 2.24. The first kappa shape index (κ1) is 25.5. The number of aromatic nitrogens is 1. The van der Waals surface area contributed by atoms with Crippen molar-refractivity contribution in [2.75, 3.05) is 35.3 Å². The van der Waals surface area contributed by atoms with E-state index in [9.17, 15) is 19.5 Å². The molecule has 0 aliphatic rings. The lowest BCUT2D eigenvalue weighted by atomic mass is 10.0. The van der Waals surface area contributed by atoms with E-state index >= 15 is 0 Å². The number of carboxylic acid groups (broad SMARTS) is 1. The van der Waals surface area contributed by atoms with Crippen LogP contribution in [-0.2, 0) is 14.4 Å². The van der Waals surface area contributed by atoms with E-state index in [1.54, 1.807) is 19.1 Å². The van der Waals surface area contributed by atoms with Crippen molar-refractivity contribution < 1.29 is 24.6 Å². The first-order chi connectivity index (χ1) is 15.8. The van der Waals surface area contributed by atoms with E-state index in [1.807, 2.05) is 37.3 Å². The van der Waals surface area contributed by atoms with Gasteiger partial charge in [0.05, 0.1) is 30.5 Å². The Morgan fingerprint density at radius 3 is 2.48 bits per heavy atom. The van der Waals surface area contributed by atoms with E-state index in [0.717, 1.165) is 5.56 Å². The normalized spacial score (nSPS) is 12.1. The number of nitrogens with zero attached hydrogens (tertiary/aromatic N) is 4. The number of aliphatic imine (C=N–C) groups is 1. The van der Waals surface area contributed by atoms with Crippen LogP contribution in [0.1, 0.15) is 38.3 Å². The molecule has 33 heavy (non-hydrogen) atoms. The first-order valence-corrected chi connectivity index (χ1v) is 10.5. The third-order valence-corrected chi connectivity index (χ3v) is 4.97. The topological polar surface area (TPSA) is 135 Å². The molecule has 3 N–H and O–H groups in total. The maximum atomic E-state index is 12.3. The van der Waals surface area contributed by atoms with Crippen molar-refractivity contribution in [1.29, 1.82) is 0 Å². The number of carbonyl (C=O) groups excluding carboxylic acids is 2. The highest BCUT2D eigenvalue weighted by molar-refractivity contribution is 5.99. The zero-order chi connectivity index (χ0) is 24.4. The van der Waals surface area contributed by atoms with Crippen LogP contribution in [0.25, 0.3) is 0 Å². The largest absolute Gasteiger partial charge is 0.481 e. The van der Waals surface area contributed by atoms with Gasteiger partial charge in [-0.15, -0.1) is 0 Å². The van der Waals surface area contributed by atoms with Gasteiger partial charge in [-0.2, -0.15) is 0 Å². The van der Waals surface area contributed by atoms with Gasteiger partial charge in [-0.3, -0.25) is 29.2 Å². The maximum Gasteiger partial charge on any atom is 0.305 e. The summed E-state index contributed by atoms with van der Waals surface area (Å²) in [6.07, 6.45) is 1.18. The molecule has 2 amide bonds. The monoisotopic (exact) mass is 455 g/mol. The number of aliphatic hydroxyl groups excluding tert-OH is 1. The minimum absolute atomic E-state index is 0.0990. The second-order valence-electron chi connectivity index (χ2n) is 7.23. The Kier molecular flexibility index (Phi) is 9.49. The van der Waals surface area contributed by atoms with Crippen molar-refractivity contribution in [2.24, 2.45) is 4.99 Å². The number of likely N-dealkylation sites (N-methyl/N-ethyl adjacent to an activating group) is 1. The number of carbonyl (C=O) groups is 3. The molecule has 1 heterocycles. The van der Waals surface area contributed by atoms with Gasteiger partial charge in [-0.05, 0) is 31.0 Å². The average molecular weight is 456 g/mol. The highest BCUT2D eigenvalue weighted by atomic mass is 16.4. The number of rotatable bonds is 11. The molecule has 0 radical (unpaired) electrons. The molecule has 0 saturated carbocycles. The number of pyridine rings is 1. The summed E-state index contributed by atoms with van der Waals surface area (Å²) in [5.41, 5.74) is 1.37. The second-order valence-corrected chi connectivity index (χ2v) is 7.23. The fourth-order valence-electron chi connectivity index (χ4n) is 3.25. The number of anilines is 3. The molecule has 1 aromatic heterocycles. The molecule has 0 saturated heterocycles. The lowest BCUT2D eigenvalue weighted by Gasteiger charge is -2.30. The highest BCUT2D eigenvalue weighted by Crippen LogP contribution is 2.34. The van der Waals surface area contributed by atoms with Gasteiger partial charge in [0.2, 0.25) is 6.41 Å². The fourth-order valence-corrected chi connectivity index (χ4v) is 3.25. The lowest BCUT2D eigenvalue weighted by molar-refractivity contribution is -0.136. The molecule has 2 aromatic rings. The molecule has 0 spiro atoms. The van der Waals surface area contributed by atoms with Crippen LogP contribution in [0.2, 0.25) is 0 Å². The minimum Gasteiger partial charge on any atom is -0.481 e. The summed E-state index contributed by atoms with van der Waals surface area (Å²) in [5, 5.41) is 21.1. The number of aliphatic hydroxyl groups is 1. The SMILES string of the molecule is CCC(c1ccccc1)N(C=O)c1nc(N(C)C(=O)CO)ccc1NC(C)=NCCC(=O)O. The molecule has 2 rings (SSSR count). The standard InChI is InChI=1S/C23H29N5O5/c1-4-19(17-8-6-5-7-9-17)28(15-30)23-18(25-16(2)24-13-12-22(32)33)10-11-20(26-23)27(3)21(31)14-29/h5-11,15,19,29H,4,12-14H2,1-3H3,(H,24,25)(H,32,33). The van der Waals surface area contributed by atoms with Gasteiger partial charge in [-0.25, -0.2) is 4.98 Å². The average Bonchev–Trinajstić information content (AvgIpc) is 2.82. The Balaban J connectivity index is 2.52. The molecular weight excluding hydrogens is 426 g/mol. The van der Waals surface area contributed by atoms with Crippen LogP contribution in [0.4, 0.5) is 17.3 Å². The minimum atomic E-state index is -0.948. The predicted molar refractivity (Wildman–Crippen MR) is 127 cm³/mol. The molecule has 176 valence electrons. The Morgan fingerprint density at radius 2 is 1.91 bits per heavy atom. The Morgan fingerprint density at radius 1 is 1.21 bits per heavy atom. The molecule has 10 heteroatoms. The number of hydrogen-bond donors (Lipinski definition) is 3. The number of carboxylic acids is 1. The summed E-state index contributed by atoms with van der Waals surface area (Å²) in [4.78, 5) is 46.4. The van der Waals surface area contributed by atoms with Crippen LogP contribution < -0.4 is 15.1 Å². The molecule has 0 bridgehead atoms. The third-order valence-electron chi connectivity index (χ3n) is 4.97. The van der Waals surface area contributed by atoms with E-state index in [-0.39, 0.29) is 30.6 Å². The van der Waals surface area contributed by atoms with Crippen LogP contribution in [0.5, 0.6) is 0 Å². The predicted octanol–water partition coefficient (Wildman–Crippen LogP) is 2.46. The summed E-state index contributed by atoms with van der Waals surface area (Å²) in [5.74, 6) is -0.525. The molecule has 1 unspecified atom stereocenters. The quantitative estimate of drug-likeness (QED) is 0.269. The van der Waals surface area contributed by atoms with Gasteiger partial charge < -0.3 is 15.5 Å². The van der Waals surface area contributed by atoms with Gasteiger partial charge in [0.25, 0.3) is 5.91 Å². The van der Waals surface area contributed by atoms with Crippen molar-refractivity contribution >= 4 is 41.4 Å². The van der Waals surface area contributed by atoms with Crippen LogP contribution in [0, 0.1) is 0 Å². The molecule has 0 aliphatic carbocycles. The van der Waals surface area contributed by atoms with Crippen molar-refractivity contribution in [3.8, 4) is 0 Å². The molecule has 0 aliphatic heterocycles. The number of amides is 2. The lowest BCUT2D eigenvalue weighted by Crippen LogP contribution is -2.32. The van der Waals surface area contributed by atoms with E-state index < -0.39 is 18.5 Å². The van der Waals surface area contributed by atoms with Crippen molar-refractivity contribution in [3.63, 3.8) is 0 Å². The van der Waals surface area contributed by atoms with Gasteiger partial charge in [-0.1, -0.05) is 37.3 Å². The van der Waals surface area contributed by atoms with E-state index in [0.29, 0.717) is 24.4 Å². The Labute approximate surface area is 192 Å². The number of hydrogen-bond acceptors (Lipinski definition) is 6. The third kappa shape index (κ3) is 6.84. The van der Waals surface area contributed by atoms with Gasteiger partial charge >= 0.3 is 5.97 Å². The summed E-state index contributed by atoms with van der Waals surface area (Å²) < 4.78 is 0. The zero-order valence-electron chi connectivity index (χ0n) is 18.9. The molecular formula is C23H29N5O5. The van der Waals surface area contributed by atoms with E-state index in [2.05, 4.69) is 15.3 Å². The molecule has 1 atom stereocenters. The first-order valence-electron chi connectivity index (χ1n) is 10.5. The smallest absolute Gasteiger partial charge is 0.305 e. The van der Waals surface area contributed by atoms with Crippen molar-refractivity contribution in [1.82, 2.24) is 4.98 Å². The van der Waals surface area contributed by atoms with Crippen LogP contribution in [-0.4, -0.2) is 59.5 Å². The van der Waals surface area contributed by atoms with Crippen LogP contribution >= 0.6 is 0 Å².